The van der Waals surface area contributed by atoms with Crippen LogP contribution < -0.4 is 5.56 Å². The zero-order chi connectivity index (χ0) is 16.6. The summed E-state index contributed by atoms with van der Waals surface area (Å²) < 4.78 is 11.7. The summed E-state index contributed by atoms with van der Waals surface area (Å²) in [6.07, 6.45) is 0.106. The van der Waals surface area contributed by atoms with Crippen LogP contribution in [-0.4, -0.2) is 22.0 Å². The minimum Gasteiger partial charge on any atom is -0.691 e. The van der Waals surface area contributed by atoms with Gasteiger partial charge in [0.25, 0.3) is 5.56 Å². The summed E-state index contributed by atoms with van der Waals surface area (Å²) in [4.78, 5) is 10.8. The van der Waals surface area contributed by atoms with Crippen LogP contribution in [0.2, 0.25) is 5.15 Å². The molecule has 0 bridgehead atoms. The summed E-state index contributed by atoms with van der Waals surface area (Å²) in [5.74, 6) is 0.249. The van der Waals surface area contributed by atoms with Gasteiger partial charge in [0.1, 0.15) is 5.15 Å². The SMILES string of the molecule is CC(C)OP(=S)([S-])OC(C)C.O=c1ccc(Cl)nn1CS. The molecule has 21 heavy (non-hydrogen) atoms. The van der Waals surface area contributed by atoms with Gasteiger partial charge < -0.3 is 21.3 Å². The maximum absolute atomic E-state index is 10.8. The van der Waals surface area contributed by atoms with E-state index in [0.717, 1.165) is 0 Å². The number of thiol groups is 1. The van der Waals surface area contributed by atoms with Gasteiger partial charge in [0.15, 0.2) is 0 Å². The van der Waals surface area contributed by atoms with E-state index in [-0.39, 0.29) is 23.6 Å². The van der Waals surface area contributed by atoms with E-state index >= 15 is 0 Å². The van der Waals surface area contributed by atoms with Crippen molar-refractivity contribution >= 4 is 54.0 Å². The summed E-state index contributed by atoms with van der Waals surface area (Å²) in [5, 5.41) is 3.98. The molecule has 0 aliphatic heterocycles. The molecule has 5 nitrogen and oxygen atoms in total. The van der Waals surface area contributed by atoms with Crippen LogP contribution >= 0.6 is 29.9 Å². The lowest BCUT2D eigenvalue weighted by molar-refractivity contribution is 0.186. The molecular formula is C11H19ClN2O3PS3-. The smallest absolute Gasteiger partial charge is 0.267 e. The van der Waals surface area contributed by atoms with E-state index in [4.69, 9.17) is 44.7 Å². The lowest BCUT2D eigenvalue weighted by atomic mass is 10.5. The third-order valence-corrected chi connectivity index (χ3v) is 4.51. The molecule has 122 valence electrons. The Labute approximate surface area is 146 Å². The maximum atomic E-state index is 10.8. The van der Waals surface area contributed by atoms with Crippen LogP contribution in [-0.2, 0) is 39.0 Å². The number of hydrogen-bond acceptors (Lipinski definition) is 7. The molecule has 1 aromatic heterocycles. The van der Waals surface area contributed by atoms with Crippen molar-refractivity contribution in [2.45, 2.75) is 45.8 Å². The fourth-order valence-electron chi connectivity index (χ4n) is 1.07. The number of nitrogens with zero attached hydrogens (tertiary/aromatic N) is 2. The van der Waals surface area contributed by atoms with Gasteiger partial charge >= 0.3 is 0 Å². The molecular weight excluding hydrogens is 371 g/mol. The van der Waals surface area contributed by atoms with E-state index in [1.807, 2.05) is 27.7 Å². The van der Waals surface area contributed by atoms with Crippen LogP contribution in [0.25, 0.3) is 0 Å². The average Bonchev–Trinajstić information content (AvgIpc) is 2.29. The monoisotopic (exact) mass is 389 g/mol. The summed E-state index contributed by atoms with van der Waals surface area (Å²) in [6.45, 7) is 7.60. The van der Waals surface area contributed by atoms with Gasteiger partial charge in [-0.2, -0.15) is 17.7 Å². The fraction of sp³-hybridized carbons (Fsp3) is 0.636. The van der Waals surface area contributed by atoms with Gasteiger partial charge in [-0.15, -0.1) is 0 Å². The predicted octanol–water partition coefficient (Wildman–Crippen LogP) is 3.39. The molecule has 0 aromatic carbocycles. The summed E-state index contributed by atoms with van der Waals surface area (Å²) in [6, 6.07) is 2.80. The zero-order valence-corrected chi connectivity index (χ0v) is 16.4. The molecule has 0 N–H and O–H groups in total. The van der Waals surface area contributed by atoms with Crippen LogP contribution in [0.4, 0.5) is 0 Å². The standard InChI is InChI=1S/C6H15O2PS2.C5H5ClN2OS/c1-5(2)7-9(10,11)8-6(3)4;6-4-1-2-5(9)8(3-10)7-4/h5-6H,1-4H3,(H,10,11);1-2,10H,3H2/p-1. The van der Waals surface area contributed by atoms with Gasteiger partial charge in [-0.05, 0) is 33.8 Å². The molecule has 0 radical (unpaired) electrons. The number of aromatic nitrogens is 2. The zero-order valence-electron chi connectivity index (χ0n) is 12.2. The van der Waals surface area contributed by atoms with Crippen LogP contribution in [0, 0.1) is 0 Å². The van der Waals surface area contributed by atoms with Crippen LogP contribution in [0.1, 0.15) is 27.7 Å². The predicted molar refractivity (Wildman–Crippen MR) is 96.6 cm³/mol. The molecule has 0 fully saturated rings. The molecule has 1 rings (SSSR count). The highest BCUT2D eigenvalue weighted by atomic mass is 35.5. The van der Waals surface area contributed by atoms with Crippen LogP contribution in [0.5, 0.6) is 0 Å². The third-order valence-electron chi connectivity index (χ3n) is 1.65. The van der Waals surface area contributed by atoms with Crippen molar-refractivity contribution in [2.24, 2.45) is 0 Å². The molecule has 1 aromatic rings. The van der Waals surface area contributed by atoms with Crippen molar-refractivity contribution in [1.29, 1.82) is 0 Å². The van der Waals surface area contributed by atoms with E-state index in [1.165, 1.54) is 16.8 Å². The Balaban J connectivity index is 0.000000382. The van der Waals surface area contributed by atoms with E-state index in [0.29, 0.717) is 5.15 Å². The molecule has 0 saturated heterocycles. The Morgan fingerprint density at radius 2 is 1.86 bits per heavy atom. The van der Waals surface area contributed by atoms with Crippen LogP contribution in [0.3, 0.4) is 0 Å². The quantitative estimate of drug-likeness (QED) is 0.473. The van der Waals surface area contributed by atoms with Crippen molar-refractivity contribution in [3.63, 3.8) is 0 Å². The van der Waals surface area contributed by atoms with E-state index in [9.17, 15) is 4.79 Å². The highest BCUT2D eigenvalue weighted by Gasteiger charge is 2.06. The highest BCUT2D eigenvalue weighted by Crippen LogP contribution is 2.48. The Hall–Kier alpha value is 0.440. The Bertz CT molecular complexity index is 526. The molecule has 1 heterocycles. The molecule has 0 aliphatic rings. The molecule has 10 heteroatoms. The Morgan fingerprint density at radius 3 is 2.19 bits per heavy atom. The second kappa shape index (κ2) is 10.3. The van der Waals surface area contributed by atoms with Crippen molar-refractivity contribution in [1.82, 2.24) is 9.78 Å². The van der Waals surface area contributed by atoms with E-state index in [1.54, 1.807) is 0 Å². The van der Waals surface area contributed by atoms with E-state index in [2.05, 4.69) is 17.7 Å². The van der Waals surface area contributed by atoms with Gasteiger partial charge in [0.2, 0.25) is 0 Å². The fourth-order valence-corrected chi connectivity index (χ4v) is 4.57. The second-order valence-electron chi connectivity index (χ2n) is 4.39. The first-order chi connectivity index (χ1) is 9.57. The molecule has 0 saturated carbocycles. The topological polar surface area (TPSA) is 53.4 Å². The normalized spacial score (nSPS) is 11.5. The van der Waals surface area contributed by atoms with Crippen molar-refractivity contribution in [3.05, 3.63) is 27.6 Å². The first kappa shape index (κ1) is 21.4. The van der Waals surface area contributed by atoms with E-state index < -0.39 is 5.69 Å². The highest BCUT2D eigenvalue weighted by molar-refractivity contribution is 8.51. The maximum Gasteiger partial charge on any atom is 0.267 e. The van der Waals surface area contributed by atoms with Crippen molar-refractivity contribution < 1.29 is 9.05 Å². The average molecular weight is 390 g/mol. The molecule has 0 aliphatic carbocycles. The second-order valence-corrected chi connectivity index (χ2v) is 9.95. The van der Waals surface area contributed by atoms with Crippen molar-refractivity contribution in [2.75, 3.05) is 0 Å². The van der Waals surface area contributed by atoms with Gasteiger partial charge in [-0.3, -0.25) is 4.79 Å². The molecule has 0 unspecified atom stereocenters. The van der Waals surface area contributed by atoms with Gasteiger partial charge in [0, 0.05) is 6.07 Å². The largest absolute Gasteiger partial charge is 0.691 e. The lowest BCUT2D eigenvalue weighted by Gasteiger charge is -2.31. The Kier molecular flexibility index (Phi) is 10.5. The minimum absolute atomic E-state index is 0.0529. The van der Waals surface area contributed by atoms with Gasteiger partial charge in [-0.25, -0.2) is 4.68 Å². The molecule has 0 atom stereocenters. The summed E-state index contributed by atoms with van der Waals surface area (Å²) in [5.41, 5.74) is -2.58. The van der Waals surface area contributed by atoms with Gasteiger partial charge in [-0.1, -0.05) is 23.4 Å². The van der Waals surface area contributed by atoms with Crippen molar-refractivity contribution in [3.8, 4) is 0 Å². The number of halogens is 1. The van der Waals surface area contributed by atoms with Gasteiger partial charge in [0.05, 0.1) is 23.8 Å². The number of hydrogen-bond donors (Lipinski definition) is 1. The van der Waals surface area contributed by atoms with Crippen LogP contribution in [0.15, 0.2) is 16.9 Å². The third kappa shape index (κ3) is 10.7. The summed E-state index contributed by atoms with van der Waals surface area (Å²) >= 11 is 19.3. The molecule has 0 amide bonds. The minimum atomic E-state index is -2.39. The Morgan fingerprint density at radius 1 is 1.38 bits per heavy atom. The first-order valence-corrected chi connectivity index (χ1v) is 10.8. The lowest BCUT2D eigenvalue weighted by Crippen LogP contribution is -2.19. The number of rotatable bonds is 5. The molecule has 0 spiro atoms. The first-order valence-electron chi connectivity index (χ1n) is 6.09. The summed E-state index contributed by atoms with van der Waals surface area (Å²) in [7, 11) is 0.